The van der Waals surface area contributed by atoms with Crippen LogP contribution in [0.4, 0.5) is 0 Å². The Balaban J connectivity index is 1.47. The van der Waals surface area contributed by atoms with E-state index >= 15 is 0 Å². The number of aliphatic imine (C=N–C) groups is 1. The third kappa shape index (κ3) is 5.28. The summed E-state index contributed by atoms with van der Waals surface area (Å²) < 4.78 is 5.24. The molecule has 0 aliphatic carbocycles. The Kier molecular flexibility index (Phi) is 7.77. The molecule has 28 heavy (non-hydrogen) atoms. The quantitative estimate of drug-likeness (QED) is 0.597. The SMILES string of the molecule is CCCCN1CCCCC1CNC(=NC)N1CCN(C(=O)c2ccco2)CC1. The predicted octanol–water partition coefficient (Wildman–Crippen LogP) is 2.27. The molecule has 1 aromatic rings. The van der Waals surface area contributed by atoms with Crippen LogP contribution in [0, 0.1) is 0 Å². The van der Waals surface area contributed by atoms with Crippen molar-refractivity contribution >= 4 is 11.9 Å². The molecule has 2 aliphatic rings. The smallest absolute Gasteiger partial charge is 0.289 e. The van der Waals surface area contributed by atoms with E-state index in [0.717, 1.165) is 25.6 Å². The van der Waals surface area contributed by atoms with E-state index in [0.29, 0.717) is 24.9 Å². The Hall–Kier alpha value is -2.02. The van der Waals surface area contributed by atoms with Crippen LogP contribution in [0.3, 0.4) is 0 Å². The summed E-state index contributed by atoms with van der Waals surface area (Å²) in [6.45, 7) is 8.58. The second-order valence-corrected chi connectivity index (χ2v) is 7.72. The van der Waals surface area contributed by atoms with Gasteiger partial charge in [-0.05, 0) is 44.5 Å². The number of piperidine rings is 1. The first-order valence-electron chi connectivity index (χ1n) is 10.8. The van der Waals surface area contributed by atoms with Crippen molar-refractivity contribution in [2.75, 3.05) is 52.9 Å². The Morgan fingerprint density at radius 2 is 2.00 bits per heavy atom. The normalized spacial score (nSPS) is 21.8. The summed E-state index contributed by atoms with van der Waals surface area (Å²) in [5.41, 5.74) is 0. The molecule has 1 amide bonds. The fourth-order valence-electron chi connectivity index (χ4n) is 4.17. The minimum atomic E-state index is -0.0265. The number of carbonyl (C=O) groups excluding carboxylic acids is 1. The average Bonchev–Trinajstić information content (AvgIpc) is 3.28. The molecule has 0 saturated carbocycles. The van der Waals surface area contributed by atoms with Crippen LogP contribution in [0.5, 0.6) is 0 Å². The highest BCUT2D eigenvalue weighted by atomic mass is 16.3. The molecule has 1 unspecified atom stereocenters. The van der Waals surface area contributed by atoms with Crippen molar-refractivity contribution < 1.29 is 9.21 Å². The van der Waals surface area contributed by atoms with Crippen LogP contribution in [0.2, 0.25) is 0 Å². The predicted molar refractivity (Wildman–Crippen MR) is 112 cm³/mol. The minimum Gasteiger partial charge on any atom is -0.459 e. The third-order valence-corrected chi connectivity index (χ3v) is 5.85. The van der Waals surface area contributed by atoms with E-state index in [-0.39, 0.29) is 5.91 Å². The lowest BCUT2D eigenvalue weighted by Crippen LogP contribution is -2.55. The van der Waals surface area contributed by atoms with Crippen LogP contribution in [-0.4, -0.2) is 85.5 Å². The number of hydrogen-bond donors (Lipinski definition) is 1. The van der Waals surface area contributed by atoms with Crippen LogP contribution in [0.25, 0.3) is 0 Å². The molecule has 1 N–H and O–H groups in total. The number of carbonyl (C=O) groups is 1. The average molecular weight is 390 g/mol. The number of piperazine rings is 1. The molecule has 1 atom stereocenters. The number of unbranched alkanes of at least 4 members (excludes halogenated alkanes) is 1. The summed E-state index contributed by atoms with van der Waals surface area (Å²) in [7, 11) is 1.85. The number of rotatable bonds is 6. The molecule has 0 spiro atoms. The van der Waals surface area contributed by atoms with Crippen molar-refractivity contribution in [3.63, 3.8) is 0 Å². The van der Waals surface area contributed by atoms with Crippen LogP contribution >= 0.6 is 0 Å². The molecule has 0 radical (unpaired) electrons. The molecule has 3 heterocycles. The van der Waals surface area contributed by atoms with Gasteiger partial charge in [-0.15, -0.1) is 0 Å². The number of amides is 1. The van der Waals surface area contributed by atoms with Crippen LogP contribution in [0.1, 0.15) is 49.6 Å². The Morgan fingerprint density at radius 1 is 1.21 bits per heavy atom. The van der Waals surface area contributed by atoms with E-state index in [1.807, 2.05) is 11.9 Å². The molecule has 2 fully saturated rings. The van der Waals surface area contributed by atoms with Gasteiger partial charge in [0.2, 0.25) is 0 Å². The van der Waals surface area contributed by atoms with Crippen LogP contribution in [0.15, 0.2) is 27.8 Å². The van der Waals surface area contributed by atoms with Gasteiger partial charge >= 0.3 is 0 Å². The molecule has 7 heteroatoms. The van der Waals surface area contributed by atoms with E-state index in [1.165, 1.54) is 45.2 Å². The van der Waals surface area contributed by atoms with E-state index in [4.69, 9.17) is 4.42 Å². The minimum absolute atomic E-state index is 0.0265. The second-order valence-electron chi connectivity index (χ2n) is 7.72. The van der Waals surface area contributed by atoms with Crippen LogP contribution < -0.4 is 5.32 Å². The first-order chi connectivity index (χ1) is 13.7. The zero-order valence-electron chi connectivity index (χ0n) is 17.4. The molecular formula is C21H35N5O2. The van der Waals surface area contributed by atoms with Gasteiger partial charge in [0.25, 0.3) is 5.91 Å². The number of likely N-dealkylation sites (tertiary alicyclic amines) is 1. The van der Waals surface area contributed by atoms with E-state index in [9.17, 15) is 4.79 Å². The monoisotopic (exact) mass is 389 g/mol. The molecule has 1 aromatic heterocycles. The van der Waals surface area contributed by atoms with E-state index in [1.54, 1.807) is 18.4 Å². The zero-order valence-corrected chi connectivity index (χ0v) is 17.4. The number of furan rings is 1. The Labute approximate surface area is 168 Å². The summed E-state index contributed by atoms with van der Waals surface area (Å²) in [4.78, 5) is 23.7. The van der Waals surface area contributed by atoms with Gasteiger partial charge < -0.3 is 19.5 Å². The summed E-state index contributed by atoms with van der Waals surface area (Å²) in [5.74, 6) is 1.34. The maximum absolute atomic E-state index is 12.4. The van der Waals surface area contributed by atoms with E-state index < -0.39 is 0 Å². The van der Waals surface area contributed by atoms with Crippen molar-refractivity contribution in [3.05, 3.63) is 24.2 Å². The lowest BCUT2D eigenvalue weighted by molar-refractivity contribution is 0.0657. The molecule has 7 nitrogen and oxygen atoms in total. The van der Waals surface area contributed by atoms with Crippen molar-refractivity contribution in [1.82, 2.24) is 20.0 Å². The molecule has 156 valence electrons. The van der Waals surface area contributed by atoms with Crippen molar-refractivity contribution in [2.45, 2.75) is 45.1 Å². The highest BCUT2D eigenvalue weighted by molar-refractivity contribution is 5.91. The highest BCUT2D eigenvalue weighted by Gasteiger charge is 2.26. The van der Waals surface area contributed by atoms with Gasteiger partial charge in [-0.3, -0.25) is 14.7 Å². The molecule has 3 rings (SSSR count). The summed E-state index contributed by atoms with van der Waals surface area (Å²) >= 11 is 0. The zero-order chi connectivity index (χ0) is 19.8. The second kappa shape index (κ2) is 10.5. The fourth-order valence-corrected chi connectivity index (χ4v) is 4.17. The molecule has 0 aromatic carbocycles. The summed E-state index contributed by atoms with van der Waals surface area (Å²) in [6.07, 6.45) is 7.97. The van der Waals surface area contributed by atoms with Gasteiger partial charge in [0, 0.05) is 45.8 Å². The molecule has 2 saturated heterocycles. The summed E-state index contributed by atoms with van der Waals surface area (Å²) in [6, 6.07) is 4.08. The van der Waals surface area contributed by atoms with Gasteiger partial charge in [-0.2, -0.15) is 0 Å². The van der Waals surface area contributed by atoms with Gasteiger partial charge in [0.15, 0.2) is 11.7 Å². The van der Waals surface area contributed by atoms with Crippen molar-refractivity contribution in [2.24, 2.45) is 4.99 Å². The first kappa shape index (κ1) is 20.7. The largest absolute Gasteiger partial charge is 0.459 e. The molecule has 2 aliphatic heterocycles. The Morgan fingerprint density at radius 3 is 2.68 bits per heavy atom. The number of guanidine groups is 1. The summed E-state index contributed by atoms with van der Waals surface area (Å²) in [5, 5.41) is 3.60. The molecule has 0 bridgehead atoms. The van der Waals surface area contributed by atoms with Gasteiger partial charge in [-0.25, -0.2) is 0 Å². The van der Waals surface area contributed by atoms with Crippen molar-refractivity contribution in [3.8, 4) is 0 Å². The lowest BCUT2D eigenvalue weighted by Gasteiger charge is -2.39. The van der Waals surface area contributed by atoms with Gasteiger partial charge in [0.1, 0.15) is 0 Å². The van der Waals surface area contributed by atoms with Gasteiger partial charge in [-0.1, -0.05) is 19.8 Å². The van der Waals surface area contributed by atoms with E-state index in [2.05, 4.69) is 27.0 Å². The Bertz CT molecular complexity index is 623. The van der Waals surface area contributed by atoms with Crippen LogP contribution in [-0.2, 0) is 0 Å². The fraction of sp³-hybridized carbons (Fsp3) is 0.714. The maximum atomic E-state index is 12.4. The topological polar surface area (TPSA) is 64.3 Å². The number of nitrogens with one attached hydrogen (secondary N) is 1. The maximum Gasteiger partial charge on any atom is 0.289 e. The number of nitrogens with zero attached hydrogens (tertiary/aromatic N) is 4. The number of hydrogen-bond acceptors (Lipinski definition) is 4. The first-order valence-corrected chi connectivity index (χ1v) is 10.8. The third-order valence-electron chi connectivity index (χ3n) is 5.85. The van der Waals surface area contributed by atoms with Crippen molar-refractivity contribution in [1.29, 1.82) is 0 Å². The van der Waals surface area contributed by atoms with Gasteiger partial charge in [0.05, 0.1) is 6.26 Å². The lowest BCUT2D eigenvalue weighted by atomic mass is 10.0. The molecular weight excluding hydrogens is 354 g/mol. The standard InChI is InChI=1S/C21H35N5O2/c1-3-4-10-24-11-6-5-8-18(24)17-23-21(22-2)26-14-12-25(13-15-26)20(27)19-9-7-16-28-19/h7,9,16,18H,3-6,8,10-15,17H2,1-2H3,(H,22,23). The highest BCUT2D eigenvalue weighted by Crippen LogP contribution is 2.17.